The Morgan fingerprint density at radius 3 is 2.78 bits per heavy atom. The Morgan fingerprint density at radius 2 is 2.07 bits per heavy atom. The van der Waals surface area contributed by atoms with Crippen LogP contribution in [0.3, 0.4) is 0 Å². The molecule has 2 aliphatic rings. The number of benzene rings is 1. The van der Waals surface area contributed by atoms with E-state index in [0.717, 1.165) is 12.1 Å². The largest absolute Gasteiger partial charge is 0.489 e. The van der Waals surface area contributed by atoms with E-state index in [1.54, 1.807) is 17.0 Å². The summed E-state index contributed by atoms with van der Waals surface area (Å²) in [7, 11) is -3.74. The van der Waals surface area contributed by atoms with Crippen LogP contribution in [0, 0.1) is 6.92 Å². The molecule has 0 N–H and O–H groups in total. The Bertz CT molecular complexity index is 985. The maximum Gasteiger partial charge on any atom is 0.243 e. The predicted octanol–water partition coefficient (Wildman–Crippen LogP) is 2.25. The third-order valence-corrected chi connectivity index (χ3v) is 6.86. The SMILES string of the molecule is CC(=O)N1CCOc2cc(S(=O)(=O)N3CCC[C@@H]3c3cc(C)no3)ccc21. The quantitative estimate of drug-likeness (QED) is 0.797. The molecule has 2 aromatic rings. The van der Waals surface area contributed by atoms with Gasteiger partial charge in [-0.3, -0.25) is 4.79 Å². The summed E-state index contributed by atoms with van der Waals surface area (Å²) in [5.74, 6) is 0.866. The van der Waals surface area contributed by atoms with Crippen molar-refractivity contribution in [3.63, 3.8) is 0 Å². The van der Waals surface area contributed by atoms with Crippen LogP contribution >= 0.6 is 0 Å². The first-order valence-corrected chi connectivity index (χ1v) is 10.3. The summed E-state index contributed by atoms with van der Waals surface area (Å²) in [5.41, 5.74) is 1.32. The monoisotopic (exact) mass is 391 g/mol. The molecule has 1 aromatic heterocycles. The molecule has 1 atom stereocenters. The van der Waals surface area contributed by atoms with E-state index in [0.29, 0.717) is 43.3 Å². The number of anilines is 1. The Labute approximate surface area is 157 Å². The van der Waals surface area contributed by atoms with Crippen LogP contribution in [-0.4, -0.2) is 43.5 Å². The molecule has 1 saturated heterocycles. The minimum Gasteiger partial charge on any atom is -0.489 e. The molecule has 0 aliphatic carbocycles. The summed E-state index contributed by atoms with van der Waals surface area (Å²) in [5, 5.41) is 3.88. The molecule has 0 saturated carbocycles. The molecule has 1 fully saturated rings. The zero-order valence-corrected chi connectivity index (χ0v) is 16.0. The standard InChI is InChI=1S/C18H21N3O5S/c1-12-10-18(26-19-12)16-4-3-7-21(16)27(23,24)14-5-6-15-17(11-14)25-9-8-20(15)13(2)22/h5-6,10-11,16H,3-4,7-9H2,1-2H3/t16-/m1/s1. The van der Waals surface area contributed by atoms with Crippen molar-refractivity contribution in [3.05, 3.63) is 35.7 Å². The predicted molar refractivity (Wildman–Crippen MR) is 97.1 cm³/mol. The Kier molecular flexibility index (Phi) is 4.43. The van der Waals surface area contributed by atoms with Gasteiger partial charge in [0.1, 0.15) is 12.4 Å². The first-order valence-electron chi connectivity index (χ1n) is 8.88. The number of amides is 1. The molecular formula is C18H21N3O5S. The molecule has 27 heavy (non-hydrogen) atoms. The lowest BCUT2D eigenvalue weighted by molar-refractivity contribution is -0.116. The zero-order valence-electron chi connectivity index (χ0n) is 15.2. The van der Waals surface area contributed by atoms with Crippen molar-refractivity contribution in [1.29, 1.82) is 0 Å². The van der Waals surface area contributed by atoms with Gasteiger partial charge >= 0.3 is 0 Å². The Balaban J connectivity index is 1.69. The van der Waals surface area contributed by atoms with Crippen LogP contribution in [0.1, 0.15) is 37.3 Å². The first-order chi connectivity index (χ1) is 12.9. The summed E-state index contributed by atoms with van der Waals surface area (Å²) < 4.78 is 38.9. The molecule has 0 unspecified atom stereocenters. The summed E-state index contributed by atoms with van der Waals surface area (Å²) in [6.07, 6.45) is 1.44. The number of nitrogens with zero attached hydrogens (tertiary/aromatic N) is 3. The van der Waals surface area contributed by atoms with E-state index in [4.69, 9.17) is 9.26 Å². The number of aromatic nitrogens is 1. The van der Waals surface area contributed by atoms with Gasteiger partial charge in [0.05, 0.1) is 28.9 Å². The van der Waals surface area contributed by atoms with Crippen molar-refractivity contribution in [3.8, 4) is 5.75 Å². The summed E-state index contributed by atoms with van der Waals surface area (Å²) in [6.45, 7) is 4.49. The molecular weight excluding hydrogens is 370 g/mol. The van der Waals surface area contributed by atoms with Crippen molar-refractivity contribution in [1.82, 2.24) is 9.46 Å². The highest BCUT2D eigenvalue weighted by molar-refractivity contribution is 7.89. The van der Waals surface area contributed by atoms with Gasteiger partial charge in [0.2, 0.25) is 15.9 Å². The van der Waals surface area contributed by atoms with Crippen molar-refractivity contribution in [2.75, 3.05) is 24.6 Å². The highest BCUT2D eigenvalue weighted by Crippen LogP contribution is 2.39. The maximum absolute atomic E-state index is 13.3. The Hall–Kier alpha value is -2.39. The number of sulfonamides is 1. The van der Waals surface area contributed by atoms with E-state index in [2.05, 4.69) is 5.16 Å². The zero-order chi connectivity index (χ0) is 19.2. The fraction of sp³-hybridized carbons (Fsp3) is 0.444. The van der Waals surface area contributed by atoms with Gasteiger partial charge < -0.3 is 14.2 Å². The number of carbonyl (C=O) groups excluding carboxylic acids is 1. The second-order valence-corrected chi connectivity index (χ2v) is 8.68. The van der Waals surface area contributed by atoms with Gasteiger partial charge in [0.25, 0.3) is 0 Å². The first kappa shape index (κ1) is 18.0. The van der Waals surface area contributed by atoms with E-state index in [-0.39, 0.29) is 16.8 Å². The van der Waals surface area contributed by atoms with Crippen molar-refractivity contribution in [2.45, 2.75) is 37.6 Å². The molecule has 0 radical (unpaired) electrons. The van der Waals surface area contributed by atoms with E-state index in [1.807, 2.05) is 6.92 Å². The van der Waals surface area contributed by atoms with Crippen molar-refractivity contribution >= 4 is 21.6 Å². The van der Waals surface area contributed by atoms with Crippen LogP contribution < -0.4 is 9.64 Å². The van der Waals surface area contributed by atoms with Crippen LogP contribution in [0.15, 0.2) is 33.7 Å². The average Bonchev–Trinajstić information content (AvgIpc) is 3.29. The van der Waals surface area contributed by atoms with Crippen molar-refractivity contribution in [2.24, 2.45) is 0 Å². The minimum absolute atomic E-state index is 0.101. The van der Waals surface area contributed by atoms with Crippen LogP contribution in [0.4, 0.5) is 5.69 Å². The lowest BCUT2D eigenvalue weighted by atomic mass is 10.2. The molecule has 1 amide bonds. The molecule has 1 aromatic carbocycles. The number of hydrogen-bond donors (Lipinski definition) is 0. The van der Waals surface area contributed by atoms with Gasteiger partial charge in [-0.05, 0) is 31.9 Å². The lowest BCUT2D eigenvalue weighted by Gasteiger charge is -2.29. The second-order valence-electron chi connectivity index (χ2n) is 6.79. The van der Waals surface area contributed by atoms with E-state index in [1.165, 1.54) is 23.4 Å². The number of rotatable bonds is 3. The third kappa shape index (κ3) is 3.10. The van der Waals surface area contributed by atoms with Gasteiger partial charge in [-0.2, -0.15) is 4.31 Å². The molecule has 2 aliphatic heterocycles. The molecule has 3 heterocycles. The van der Waals surface area contributed by atoms with Crippen LogP contribution in [-0.2, 0) is 14.8 Å². The Morgan fingerprint density at radius 1 is 1.26 bits per heavy atom. The third-order valence-electron chi connectivity index (χ3n) is 4.96. The number of hydrogen-bond acceptors (Lipinski definition) is 6. The van der Waals surface area contributed by atoms with Gasteiger partial charge in [-0.25, -0.2) is 8.42 Å². The second kappa shape index (κ2) is 6.65. The summed E-state index contributed by atoms with van der Waals surface area (Å²) in [6, 6.07) is 6.08. The van der Waals surface area contributed by atoms with Gasteiger partial charge in [0.15, 0.2) is 5.76 Å². The van der Waals surface area contributed by atoms with E-state index < -0.39 is 10.0 Å². The number of ether oxygens (including phenoxy) is 1. The number of carbonyl (C=O) groups is 1. The molecule has 8 nitrogen and oxygen atoms in total. The maximum atomic E-state index is 13.3. The average molecular weight is 391 g/mol. The van der Waals surface area contributed by atoms with Crippen LogP contribution in [0.25, 0.3) is 0 Å². The minimum atomic E-state index is -3.74. The van der Waals surface area contributed by atoms with Crippen LogP contribution in [0.2, 0.25) is 0 Å². The van der Waals surface area contributed by atoms with Crippen LogP contribution in [0.5, 0.6) is 5.75 Å². The normalized spacial score (nSPS) is 20.4. The fourth-order valence-corrected chi connectivity index (χ4v) is 5.36. The van der Waals surface area contributed by atoms with Crippen molar-refractivity contribution < 1.29 is 22.5 Å². The van der Waals surface area contributed by atoms with Gasteiger partial charge in [-0.15, -0.1) is 0 Å². The van der Waals surface area contributed by atoms with E-state index in [9.17, 15) is 13.2 Å². The summed E-state index contributed by atoms with van der Waals surface area (Å²) in [4.78, 5) is 13.5. The topological polar surface area (TPSA) is 93.0 Å². The van der Waals surface area contributed by atoms with Gasteiger partial charge in [-0.1, -0.05) is 5.16 Å². The highest BCUT2D eigenvalue weighted by Gasteiger charge is 2.39. The molecule has 4 rings (SSSR count). The fourth-order valence-electron chi connectivity index (χ4n) is 3.68. The molecule has 0 spiro atoms. The lowest BCUT2D eigenvalue weighted by Crippen LogP contribution is -2.36. The molecule has 9 heteroatoms. The smallest absolute Gasteiger partial charge is 0.243 e. The van der Waals surface area contributed by atoms with Gasteiger partial charge in [0, 0.05) is 25.6 Å². The van der Waals surface area contributed by atoms with E-state index >= 15 is 0 Å². The summed E-state index contributed by atoms with van der Waals surface area (Å²) >= 11 is 0. The molecule has 144 valence electrons. The highest BCUT2D eigenvalue weighted by atomic mass is 32.2. The number of aryl methyl sites for hydroxylation is 1. The number of fused-ring (bicyclic) bond motifs is 1. The molecule has 0 bridgehead atoms.